The molecular formula is C62H44N2O10S11. The molecule has 11 heterocycles. The first-order valence-corrected chi connectivity index (χ1v) is 35.0. The summed E-state index contributed by atoms with van der Waals surface area (Å²) in [6.07, 6.45) is 23.9. The second-order valence-electron chi connectivity index (χ2n) is 20.2. The number of amides is 1. The number of hydrogen-bond acceptors (Lipinski definition) is 20. The Morgan fingerprint density at radius 2 is 1.42 bits per heavy atom. The van der Waals surface area contributed by atoms with Gasteiger partial charge in [0.25, 0.3) is 5.91 Å². The SMILES string of the molecule is C=C1C(=O)/C(=C\C2=CC3SC(c4sc(/C=C/C5=CC6Sc7cc(/C=C/c8sc(-c9cc%10sc(/C=C%11/SC(=S)N(CC(=O)O)C%11=O)cc%10s9)c9c8OCCO9)ccc7N(c7ccccc7)C6C=C5)c5c4OCCO5)=CC3S2)SC(=S)[C@@H]1CCC(=O)O. The van der Waals surface area contributed by atoms with E-state index in [1.165, 1.54) is 16.7 Å². The van der Waals surface area contributed by atoms with Crippen LogP contribution in [0.2, 0.25) is 0 Å². The molecule has 2 N–H and O–H groups in total. The van der Waals surface area contributed by atoms with Crippen LogP contribution in [-0.2, 0) is 19.2 Å². The van der Waals surface area contributed by atoms with Gasteiger partial charge >= 0.3 is 11.9 Å². The van der Waals surface area contributed by atoms with E-state index < -0.39 is 30.3 Å². The third kappa shape index (κ3) is 11.2. The van der Waals surface area contributed by atoms with E-state index in [0.29, 0.717) is 46.0 Å². The van der Waals surface area contributed by atoms with Gasteiger partial charge in [0.1, 0.15) is 37.3 Å². The number of carbonyl (C=O) groups excluding carboxylic acids is 2. The van der Waals surface area contributed by atoms with Crippen LogP contribution in [0.5, 0.6) is 23.0 Å². The highest BCUT2D eigenvalue weighted by atomic mass is 32.2. The van der Waals surface area contributed by atoms with Gasteiger partial charge in [-0.3, -0.25) is 24.1 Å². The minimum Gasteiger partial charge on any atom is -0.485 e. The number of ketones is 1. The van der Waals surface area contributed by atoms with Crippen LogP contribution in [0.4, 0.5) is 11.4 Å². The lowest BCUT2D eigenvalue weighted by atomic mass is 9.93. The summed E-state index contributed by atoms with van der Waals surface area (Å²) < 4.78 is 28.2. The van der Waals surface area contributed by atoms with E-state index in [4.69, 9.17) is 43.4 Å². The van der Waals surface area contributed by atoms with Gasteiger partial charge in [0.15, 0.2) is 28.8 Å². The van der Waals surface area contributed by atoms with E-state index in [0.717, 1.165) is 111 Å². The number of benzene rings is 2. The van der Waals surface area contributed by atoms with Crippen LogP contribution in [0, 0.1) is 5.92 Å². The number of ether oxygens (including phenoxy) is 4. The lowest BCUT2D eigenvalue weighted by Gasteiger charge is -2.42. The third-order valence-electron chi connectivity index (χ3n) is 14.7. The number of thiocarbonyl (C=S) groups is 2. The molecule has 428 valence electrons. The van der Waals surface area contributed by atoms with Crippen molar-refractivity contribution in [1.82, 2.24) is 4.90 Å². The molecule has 4 aromatic heterocycles. The molecule has 1 amide bonds. The molecule has 0 radical (unpaired) electrons. The van der Waals surface area contributed by atoms with Crippen LogP contribution in [-0.4, -0.2) is 102 Å². The number of aliphatic carboxylic acids is 2. The molecule has 2 fully saturated rings. The summed E-state index contributed by atoms with van der Waals surface area (Å²) in [5.74, 6) is 0.0240. The number of carboxylic acids is 2. The van der Waals surface area contributed by atoms with Gasteiger partial charge in [-0.05, 0) is 78.3 Å². The number of anilines is 2. The molecule has 23 heteroatoms. The lowest BCUT2D eigenvalue weighted by molar-refractivity contribution is -0.140. The van der Waals surface area contributed by atoms with E-state index in [1.807, 2.05) is 23.9 Å². The van der Waals surface area contributed by atoms with Crippen molar-refractivity contribution in [2.75, 3.05) is 37.9 Å². The highest BCUT2D eigenvalue weighted by molar-refractivity contribution is 8.27. The Labute approximate surface area is 535 Å². The topological polar surface area (TPSA) is 152 Å². The standard InChI is InChI=1S/C62H44N2O10S11/c1-30-36(11-16-51(65)66)61(75)84-47(53(30)69)25-34-23-43-45(77-34)27-48(80-43)58-56-54(71-17-19-73-56)39(82-58)14-9-31-7-12-37-41(21-31)79-42-22-32(8-13-38(42)64(37)33-5-3-2-4-6-33)10-15-40-55-57(74-20-18-72-55)59(83-40)49-28-46-44(81-49)24-35(78-46)26-50-60(70)63(29-52(67)68)62(76)85-50/h2-10,12-15,21-28,36-37,41,43,45H,1,11,16-20,29H2,(H,65,66)(H,67,68)/b14-9+,15-10+,47-25+,50-26+/t36-,37?,41?,43?,45?/m1/s1. The zero-order valence-corrected chi connectivity index (χ0v) is 53.2. The summed E-state index contributed by atoms with van der Waals surface area (Å²) in [6, 6.07) is 21.5. The number of thioether (sulfide) groups is 5. The van der Waals surface area contributed by atoms with E-state index in [2.05, 4.69) is 121 Å². The van der Waals surface area contributed by atoms with E-state index in [1.54, 1.807) is 74.9 Å². The number of Topliss-reactive ketones (excluding diaryl/α,β-unsaturated/α-hetero) is 1. The number of carboxylic acid groups (broad SMARTS) is 2. The fourth-order valence-electron chi connectivity index (χ4n) is 10.8. The average molecular weight is 1330 g/mol. The van der Waals surface area contributed by atoms with Crippen molar-refractivity contribution in [3.63, 3.8) is 0 Å². The summed E-state index contributed by atoms with van der Waals surface area (Å²) in [5, 5.41) is 18.9. The summed E-state index contributed by atoms with van der Waals surface area (Å²) >= 11 is 25.2. The van der Waals surface area contributed by atoms with Crippen LogP contribution in [0.1, 0.15) is 37.9 Å². The molecule has 14 rings (SSSR count). The number of thiophene rings is 4. The van der Waals surface area contributed by atoms with Crippen LogP contribution in [0.25, 0.3) is 48.4 Å². The van der Waals surface area contributed by atoms with Crippen LogP contribution >= 0.6 is 129 Å². The molecule has 2 aromatic carbocycles. The smallest absolute Gasteiger partial charge is 0.323 e. The minimum absolute atomic E-state index is 0.0682. The zero-order chi connectivity index (χ0) is 58.2. The summed E-state index contributed by atoms with van der Waals surface area (Å²) in [7, 11) is 0. The van der Waals surface area contributed by atoms with Gasteiger partial charge in [0, 0.05) is 63.1 Å². The lowest BCUT2D eigenvalue weighted by Crippen LogP contribution is -2.41. The first-order valence-electron chi connectivity index (χ1n) is 26.7. The molecule has 0 saturated carbocycles. The molecule has 0 spiro atoms. The quantitative estimate of drug-likeness (QED) is 0.0785. The normalized spacial score (nSPS) is 23.4. The minimum atomic E-state index is -1.11. The number of nitrogens with zero attached hydrogens (tertiary/aromatic N) is 2. The van der Waals surface area contributed by atoms with E-state index in [9.17, 15) is 29.4 Å². The number of allylic oxidation sites excluding steroid dienone is 6. The summed E-state index contributed by atoms with van der Waals surface area (Å²) in [6.45, 7) is 5.40. The third-order valence-corrected chi connectivity index (χ3v) is 26.4. The van der Waals surface area contributed by atoms with Gasteiger partial charge in [-0.15, -0.1) is 80.6 Å². The van der Waals surface area contributed by atoms with Crippen molar-refractivity contribution in [3.8, 4) is 32.8 Å². The van der Waals surface area contributed by atoms with Crippen molar-refractivity contribution < 1.29 is 48.3 Å². The molecule has 85 heavy (non-hydrogen) atoms. The molecule has 5 atom stereocenters. The van der Waals surface area contributed by atoms with Crippen molar-refractivity contribution >= 4 is 211 Å². The number of hydrogen-bond donors (Lipinski definition) is 2. The molecule has 8 aliphatic rings. The second kappa shape index (κ2) is 23.7. The fourth-order valence-corrected chi connectivity index (χ4v) is 22.7. The summed E-state index contributed by atoms with van der Waals surface area (Å²) in [5.41, 5.74) is 4.78. The Hall–Kier alpha value is -5.83. The predicted octanol–water partition coefficient (Wildman–Crippen LogP) is 16.0. The predicted molar refractivity (Wildman–Crippen MR) is 362 cm³/mol. The molecule has 6 aromatic rings. The van der Waals surface area contributed by atoms with Crippen molar-refractivity contribution in [2.45, 2.75) is 39.5 Å². The van der Waals surface area contributed by atoms with Gasteiger partial charge in [0.2, 0.25) is 0 Å². The average Bonchev–Trinajstić information content (AvgIpc) is 3.90. The fraction of sp³-hybridized carbons (Fsp3) is 0.194. The zero-order valence-electron chi connectivity index (χ0n) is 44.2. The Kier molecular flexibility index (Phi) is 15.9. The van der Waals surface area contributed by atoms with E-state index >= 15 is 0 Å². The molecule has 0 bridgehead atoms. The van der Waals surface area contributed by atoms with Crippen LogP contribution in [0.15, 0.2) is 141 Å². The van der Waals surface area contributed by atoms with Crippen LogP contribution < -0.4 is 23.8 Å². The van der Waals surface area contributed by atoms with Gasteiger partial charge in [0.05, 0.1) is 55.4 Å². The van der Waals surface area contributed by atoms with Gasteiger partial charge in [-0.1, -0.05) is 121 Å². The number of fused-ring (bicyclic) bond motifs is 6. The number of carbonyl (C=O) groups is 4. The molecule has 4 unspecified atom stereocenters. The maximum absolute atomic E-state index is 13.4. The molecule has 2 saturated heterocycles. The van der Waals surface area contributed by atoms with Gasteiger partial charge < -0.3 is 34.1 Å². The number of rotatable bonds is 14. The first kappa shape index (κ1) is 56.9. The molecular weight excluding hydrogens is 1290 g/mol. The Balaban J connectivity index is 0.685. The van der Waals surface area contributed by atoms with Crippen molar-refractivity contribution in [3.05, 3.63) is 161 Å². The molecule has 1 aliphatic carbocycles. The van der Waals surface area contributed by atoms with Crippen molar-refractivity contribution in [1.29, 1.82) is 0 Å². The summed E-state index contributed by atoms with van der Waals surface area (Å²) in [4.78, 5) is 62.7. The first-order chi connectivity index (χ1) is 41.3. The second-order valence-corrected chi connectivity index (χ2v) is 31.6. The highest BCUT2D eigenvalue weighted by Crippen LogP contribution is 2.58. The maximum Gasteiger partial charge on any atom is 0.323 e. The Morgan fingerprint density at radius 1 is 0.706 bits per heavy atom. The monoisotopic (exact) mass is 1330 g/mol. The van der Waals surface area contributed by atoms with Gasteiger partial charge in [-0.2, -0.15) is 0 Å². The molecule has 12 nitrogen and oxygen atoms in total. The molecule has 7 aliphatic heterocycles. The number of para-hydroxylation sites is 1. The highest BCUT2D eigenvalue weighted by Gasteiger charge is 2.40. The van der Waals surface area contributed by atoms with Crippen molar-refractivity contribution in [2.24, 2.45) is 5.92 Å². The maximum atomic E-state index is 13.4. The van der Waals surface area contributed by atoms with E-state index in [-0.39, 0.29) is 44.7 Å². The van der Waals surface area contributed by atoms with Gasteiger partial charge in [-0.25, -0.2) is 0 Å². The Bertz CT molecular complexity index is 4140. The van der Waals surface area contributed by atoms with Crippen LogP contribution in [0.3, 0.4) is 0 Å². The Morgan fingerprint density at radius 3 is 2.16 bits per heavy atom. The largest absolute Gasteiger partial charge is 0.485 e.